The Kier molecular flexibility index (Phi) is 4.42. The van der Waals surface area contributed by atoms with Crippen molar-refractivity contribution in [2.45, 2.75) is 45.4 Å². The van der Waals surface area contributed by atoms with E-state index in [4.69, 9.17) is 5.11 Å². The van der Waals surface area contributed by atoms with Crippen LogP contribution in [0.1, 0.15) is 44.6 Å². The Hall–Kier alpha value is -1.84. The van der Waals surface area contributed by atoms with Crippen molar-refractivity contribution >= 4 is 17.6 Å². The highest BCUT2D eigenvalue weighted by atomic mass is 16.4. The molecule has 1 aliphatic rings. The number of carbonyl (C=O) groups excluding carboxylic acids is 1. The number of carbonyl (C=O) groups is 2. The van der Waals surface area contributed by atoms with E-state index < -0.39 is 5.97 Å². The van der Waals surface area contributed by atoms with E-state index in [0.717, 1.165) is 36.9 Å². The van der Waals surface area contributed by atoms with Crippen LogP contribution in [0.5, 0.6) is 0 Å². The van der Waals surface area contributed by atoms with E-state index in [1.807, 2.05) is 31.2 Å². The number of amides is 1. The molecule has 0 radical (unpaired) electrons. The lowest BCUT2D eigenvalue weighted by Crippen LogP contribution is -2.30. The number of carboxylic acid groups (broad SMARTS) is 1. The quantitative estimate of drug-likeness (QED) is 0.867. The zero-order valence-electron chi connectivity index (χ0n) is 11.8. The molecule has 1 saturated carbocycles. The van der Waals surface area contributed by atoms with Crippen LogP contribution in [0, 0.1) is 5.41 Å². The molecule has 0 aliphatic heterocycles. The van der Waals surface area contributed by atoms with Crippen LogP contribution >= 0.6 is 0 Å². The maximum Gasteiger partial charge on any atom is 0.303 e. The van der Waals surface area contributed by atoms with E-state index in [1.165, 1.54) is 0 Å². The first kappa shape index (κ1) is 14.6. The van der Waals surface area contributed by atoms with Gasteiger partial charge in [-0.1, -0.05) is 31.9 Å². The van der Waals surface area contributed by atoms with Gasteiger partial charge in [0.15, 0.2) is 0 Å². The minimum atomic E-state index is -0.795. The predicted octanol–water partition coefficient (Wildman–Crippen LogP) is 3.22. The monoisotopic (exact) mass is 275 g/mol. The maximum atomic E-state index is 12.2. The van der Waals surface area contributed by atoms with Gasteiger partial charge in [-0.25, -0.2) is 0 Å². The van der Waals surface area contributed by atoms with E-state index in [1.54, 1.807) is 0 Å². The molecule has 1 aliphatic carbocycles. The van der Waals surface area contributed by atoms with Crippen molar-refractivity contribution in [2.75, 3.05) is 5.32 Å². The summed E-state index contributed by atoms with van der Waals surface area (Å²) in [6.07, 6.45) is 4.80. The van der Waals surface area contributed by atoms with E-state index in [9.17, 15) is 9.59 Å². The molecule has 1 amide bonds. The molecule has 0 heterocycles. The highest BCUT2D eigenvalue weighted by molar-refractivity contribution is 5.95. The summed E-state index contributed by atoms with van der Waals surface area (Å²) < 4.78 is 0. The molecule has 1 aromatic rings. The molecule has 0 aromatic heterocycles. The van der Waals surface area contributed by atoms with Crippen molar-refractivity contribution in [3.8, 4) is 0 Å². The number of carboxylic acids is 1. The second-order valence-electron chi connectivity index (χ2n) is 5.81. The fourth-order valence-electron chi connectivity index (χ4n) is 2.67. The standard InChI is InChI=1S/C16H21NO3/c1-16(10-2-3-11-16)15(20)17-13-7-4-12(5-8-13)6-9-14(18)19/h4-5,7-8H,2-3,6,9-11H2,1H3,(H,17,20)(H,18,19). The number of nitrogens with one attached hydrogen (secondary N) is 1. The second kappa shape index (κ2) is 6.07. The van der Waals surface area contributed by atoms with Crippen LogP contribution in [0.4, 0.5) is 5.69 Å². The zero-order valence-corrected chi connectivity index (χ0v) is 11.8. The van der Waals surface area contributed by atoms with Gasteiger partial charge in [-0.15, -0.1) is 0 Å². The fraction of sp³-hybridized carbons (Fsp3) is 0.500. The second-order valence-corrected chi connectivity index (χ2v) is 5.81. The summed E-state index contributed by atoms with van der Waals surface area (Å²) in [5, 5.41) is 11.6. The first-order valence-electron chi connectivity index (χ1n) is 7.12. The van der Waals surface area contributed by atoms with Crippen LogP contribution < -0.4 is 5.32 Å². The van der Waals surface area contributed by atoms with Gasteiger partial charge in [0, 0.05) is 17.5 Å². The first-order valence-corrected chi connectivity index (χ1v) is 7.12. The summed E-state index contributed by atoms with van der Waals surface area (Å²) in [4.78, 5) is 22.8. The molecule has 4 heteroatoms. The summed E-state index contributed by atoms with van der Waals surface area (Å²) in [7, 11) is 0. The molecular formula is C16H21NO3. The Morgan fingerprint density at radius 3 is 2.35 bits per heavy atom. The van der Waals surface area contributed by atoms with Gasteiger partial charge in [-0.3, -0.25) is 9.59 Å². The van der Waals surface area contributed by atoms with E-state index in [2.05, 4.69) is 5.32 Å². The van der Waals surface area contributed by atoms with Crippen molar-refractivity contribution < 1.29 is 14.7 Å². The summed E-state index contributed by atoms with van der Waals surface area (Å²) in [5.41, 5.74) is 1.52. The lowest BCUT2D eigenvalue weighted by molar-refractivity contribution is -0.137. The maximum absolute atomic E-state index is 12.2. The Morgan fingerprint density at radius 1 is 1.20 bits per heavy atom. The van der Waals surface area contributed by atoms with Crippen molar-refractivity contribution in [1.29, 1.82) is 0 Å². The highest BCUT2D eigenvalue weighted by Crippen LogP contribution is 2.38. The average Bonchev–Trinajstić information content (AvgIpc) is 2.86. The number of hydrogen-bond donors (Lipinski definition) is 2. The molecule has 0 bridgehead atoms. The van der Waals surface area contributed by atoms with Crippen LogP contribution in [-0.2, 0) is 16.0 Å². The van der Waals surface area contributed by atoms with Crippen molar-refractivity contribution in [1.82, 2.24) is 0 Å². The normalized spacial score (nSPS) is 16.9. The molecule has 0 unspecified atom stereocenters. The predicted molar refractivity (Wildman–Crippen MR) is 77.6 cm³/mol. The number of aryl methyl sites for hydroxylation is 1. The Morgan fingerprint density at radius 2 is 1.80 bits per heavy atom. The van der Waals surface area contributed by atoms with E-state index in [0.29, 0.717) is 6.42 Å². The lowest BCUT2D eigenvalue weighted by Gasteiger charge is -2.22. The van der Waals surface area contributed by atoms with Crippen LogP contribution in [0.25, 0.3) is 0 Å². The van der Waals surface area contributed by atoms with Crippen molar-refractivity contribution in [3.05, 3.63) is 29.8 Å². The first-order chi connectivity index (χ1) is 9.49. The van der Waals surface area contributed by atoms with Crippen LogP contribution in [0.3, 0.4) is 0 Å². The minimum Gasteiger partial charge on any atom is -0.481 e. The van der Waals surface area contributed by atoms with Crippen LogP contribution in [0.15, 0.2) is 24.3 Å². The molecule has 108 valence electrons. The molecule has 4 nitrogen and oxygen atoms in total. The summed E-state index contributed by atoms with van der Waals surface area (Å²) in [5.74, 6) is -0.704. The SMILES string of the molecule is CC1(C(=O)Nc2ccc(CCC(=O)O)cc2)CCCC1. The zero-order chi connectivity index (χ0) is 14.6. The third-order valence-electron chi connectivity index (χ3n) is 4.09. The number of anilines is 1. The summed E-state index contributed by atoms with van der Waals surface area (Å²) in [6, 6.07) is 7.42. The summed E-state index contributed by atoms with van der Waals surface area (Å²) in [6.45, 7) is 2.02. The molecule has 1 aromatic carbocycles. The largest absolute Gasteiger partial charge is 0.481 e. The van der Waals surface area contributed by atoms with Gasteiger partial charge in [0.25, 0.3) is 0 Å². The Labute approximate surface area is 119 Å². The molecule has 2 N–H and O–H groups in total. The molecule has 2 rings (SSSR count). The summed E-state index contributed by atoms with van der Waals surface area (Å²) >= 11 is 0. The van der Waals surface area contributed by atoms with Crippen LogP contribution in [-0.4, -0.2) is 17.0 Å². The third-order valence-corrected chi connectivity index (χ3v) is 4.09. The smallest absolute Gasteiger partial charge is 0.303 e. The number of benzene rings is 1. The number of aliphatic carboxylic acids is 1. The molecule has 0 saturated heterocycles. The van der Waals surface area contributed by atoms with Gasteiger partial charge in [-0.05, 0) is 37.0 Å². The molecule has 1 fully saturated rings. The number of hydrogen-bond acceptors (Lipinski definition) is 2. The van der Waals surface area contributed by atoms with Gasteiger partial charge in [0.2, 0.25) is 5.91 Å². The van der Waals surface area contributed by atoms with Crippen molar-refractivity contribution in [2.24, 2.45) is 5.41 Å². The third kappa shape index (κ3) is 3.59. The Balaban J connectivity index is 1.93. The molecule has 0 spiro atoms. The fourth-order valence-corrected chi connectivity index (χ4v) is 2.67. The van der Waals surface area contributed by atoms with Gasteiger partial charge in [0.1, 0.15) is 0 Å². The van der Waals surface area contributed by atoms with Gasteiger partial charge >= 0.3 is 5.97 Å². The number of rotatable bonds is 5. The molecule has 0 atom stereocenters. The lowest BCUT2D eigenvalue weighted by atomic mass is 9.88. The van der Waals surface area contributed by atoms with Crippen molar-refractivity contribution in [3.63, 3.8) is 0 Å². The van der Waals surface area contributed by atoms with Gasteiger partial charge in [-0.2, -0.15) is 0 Å². The topological polar surface area (TPSA) is 66.4 Å². The highest BCUT2D eigenvalue weighted by Gasteiger charge is 2.36. The van der Waals surface area contributed by atoms with Gasteiger partial charge in [0.05, 0.1) is 0 Å². The van der Waals surface area contributed by atoms with Gasteiger partial charge < -0.3 is 10.4 Å². The molecule has 20 heavy (non-hydrogen) atoms. The minimum absolute atomic E-state index is 0.0910. The van der Waals surface area contributed by atoms with E-state index >= 15 is 0 Å². The average molecular weight is 275 g/mol. The van der Waals surface area contributed by atoms with Crippen LogP contribution in [0.2, 0.25) is 0 Å². The molecular weight excluding hydrogens is 254 g/mol. The van der Waals surface area contributed by atoms with E-state index in [-0.39, 0.29) is 17.7 Å². The Bertz CT molecular complexity index is 487.